The predicted molar refractivity (Wildman–Crippen MR) is 159 cm³/mol. The summed E-state index contributed by atoms with van der Waals surface area (Å²) in [5.41, 5.74) is 2.68. The minimum absolute atomic E-state index is 0.0182. The summed E-state index contributed by atoms with van der Waals surface area (Å²) in [5, 5.41) is 40.8. The average Bonchev–Trinajstić information content (AvgIpc) is 2.99. The second-order valence-corrected chi connectivity index (χ2v) is 10.8. The zero-order valence-electron chi connectivity index (χ0n) is 25.1. The van der Waals surface area contributed by atoms with Gasteiger partial charge in [-0.25, -0.2) is 4.79 Å². The van der Waals surface area contributed by atoms with Gasteiger partial charge in [0.15, 0.2) is 30.0 Å². The van der Waals surface area contributed by atoms with E-state index < -0.39 is 42.6 Å². The van der Waals surface area contributed by atoms with Crippen molar-refractivity contribution in [1.82, 2.24) is 0 Å². The molecular formula is C33H44O10. The summed E-state index contributed by atoms with van der Waals surface area (Å²) in [6.45, 7) is 3.61. The van der Waals surface area contributed by atoms with Gasteiger partial charge in [0.2, 0.25) is 0 Å². The molecule has 0 unspecified atom stereocenters. The molecule has 0 saturated carbocycles. The van der Waals surface area contributed by atoms with Gasteiger partial charge < -0.3 is 39.4 Å². The molecule has 2 aromatic carbocycles. The van der Waals surface area contributed by atoms with E-state index in [4.69, 9.17) is 18.9 Å². The molecule has 1 saturated heterocycles. The Morgan fingerprint density at radius 2 is 1.70 bits per heavy atom. The van der Waals surface area contributed by atoms with E-state index >= 15 is 0 Å². The Morgan fingerprint density at radius 1 is 0.953 bits per heavy atom. The number of carbonyl (C=O) groups excluding carboxylic acids is 2. The zero-order valence-corrected chi connectivity index (χ0v) is 25.1. The number of aliphatic hydroxyl groups excluding tert-OH is 3. The number of esters is 2. The number of unbranched alkanes of at least 4 members (excludes halogenated alkanes) is 3. The van der Waals surface area contributed by atoms with E-state index in [0.29, 0.717) is 24.8 Å². The monoisotopic (exact) mass is 600 g/mol. The quantitative estimate of drug-likeness (QED) is 0.135. The third kappa shape index (κ3) is 10.1. The number of aromatic hydroxyl groups is 1. The van der Waals surface area contributed by atoms with E-state index in [1.165, 1.54) is 20.1 Å². The van der Waals surface area contributed by atoms with E-state index in [1.54, 1.807) is 18.2 Å². The number of ether oxygens (including phenoxy) is 4. The Labute approximate surface area is 252 Å². The lowest BCUT2D eigenvalue weighted by atomic mass is 9.98. The Morgan fingerprint density at radius 3 is 2.40 bits per heavy atom. The van der Waals surface area contributed by atoms with Crippen molar-refractivity contribution in [3.05, 3.63) is 64.7 Å². The van der Waals surface area contributed by atoms with Gasteiger partial charge in [0.1, 0.15) is 6.10 Å². The number of hydrogen-bond acceptors (Lipinski definition) is 10. The van der Waals surface area contributed by atoms with E-state index in [-0.39, 0.29) is 36.5 Å². The van der Waals surface area contributed by atoms with Crippen LogP contribution in [0.25, 0.3) is 6.08 Å². The fourth-order valence-electron chi connectivity index (χ4n) is 4.94. The van der Waals surface area contributed by atoms with Crippen LogP contribution in [-0.2, 0) is 36.6 Å². The Kier molecular flexibility index (Phi) is 13.5. The van der Waals surface area contributed by atoms with Crippen molar-refractivity contribution in [2.45, 2.75) is 95.9 Å². The highest BCUT2D eigenvalue weighted by Crippen LogP contribution is 2.30. The summed E-state index contributed by atoms with van der Waals surface area (Å²) in [6.07, 6.45) is -0.236. The number of phenolic OH excluding ortho intramolecular Hbond substituents is 1. The number of hydrogen-bond donors (Lipinski definition) is 4. The first-order chi connectivity index (χ1) is 20.7. The molecule has 1 aliphatic heterocycles. The van der Waals surface area contributed by atoms with Crippen LogP contribution in [0.5, 0.6) is 11.5 Å². The number of rotatable bonds is 15. The van der Waals surface area contributed by atoms with E-state index in [1.807, 2.05) is 24.3 Å². The molecule has 1 heterocycles. The first kappa shape index (κ1) is 34.1. The fraction of sp³-hybridized carbons (Fsp3) is 0.515. The van der Waals surface area contributed by atoms with Crippen LogP contribution in [0.4, 0.5) is 0 Å². The lowest BCUT2D eigenvalue weighted by Crippen LogP contribution is -2.59. The minimum atomic E-state index is -1.63. The molecule has 0 radical (unpaired) electrons. The number of benzene rings is 2. The number of methoxy groups -OCH3 is 1. The van der Waals surface area contributed by atoms with E-state index in [9.17, 15) is 30.0 Å². The topological polar surface area (TPSA) is 152 Å². The molecule has 1 aliphatic rings. The molecule has 5 atom stereocenters. The number of aliphatic hydroxyl groups is 3. The number of phenols is 1. The second kappa shape index (κ2) is 17.0. The Hall–Kier alpha value is -3.44. The highest BCUT2D eigenvalue weighted by molar-refractivity contribution is 5.94. The molecule has 43 heavy (non-hydrogen) atoms. The molecule has 10 nitrogen and oxygen atoms in total. The highest BCUT2D eigenvalue weighted by atomic mass is 16.7. The molecule has 2 aromatic rings. The molecule has 0 bridgehead atoms. The van der Waals surface area contributed by atoms with Crippen LogP contribution in [0, 0.1) is 0 Å². The van der Waals surface area contributed by atoms with Gasteiger partial charge in [0.05, 0.1) is 13.2 Å². The van der Waals surface area contributed by atoms with Crippen molar-refractivity contribution in [3.8, 4) is 11.5 Å². The fourth-order valence-corrected chi connectivity index (χ4v) is 4.94. The first-order valence-corrected chi connectivity index (χ1v) is 14.8. The maximum absolute atomic E-state index is 13.6. The maximum atomic E-state index is 13.6. The molecule has 0 spiro atoms. The molecule has 0 aromatic heterocycles. The van der Waals surface area contributed by atoms with Crippen molar-refractivity contribution in [2.75, 3.05) is 13.7 Å². The molecule has 0 aliphatic carbocycles. The van der Waals surface area contributed by atoms with Crippen molar-refractivity contribution >= 4 is 18.0 Å². The van der Waals surface area contributed by atoms with Crippen LogP contribution in [0.15, 0.2) is 48.0 Å². The first-order valence-electron chi connectivity index (χ1n) is 14.8. The van der Waals surface area contributed by atoms with Crippen LogP contribution >= 0.6 is 0 Å². The van der Waals surface area contributed by atoms with Crippen molar-refractivity contribution in [3.63, 3.8) is 0 Å². The normalized spacial score (nSPS) is 22.2. The van der Waals surface area contributed by atoms with Crippen LogP contribution < -0.4 is 4.74 Å². The number of aryl methyl sites for hydroxylation is 1. The van der Waals surface area contributed by atoms with E-state index in [2.05, 4.69) is 6.92 Å². The smallest absolute Gasteiger partial charge is 0.334 e. The SMILES string of the molecule is CCCCCCC(=O)O[C@H]1[C@@H](O)[C@H](C)O[C@@H](O)[C@@H]1OC(=O)C(=Cc1ccc(O)c(OC)c1)CCc1cccc(CCO)c1. The van der Waals surface area contributed by atoms with Crippen molar-refractivity contribution in [2.24, 2.45) is 0 Å². The predicted octanol–water partition coefficient (Wildman–Crippen LogP) is 3.84. The van der Waals surface area contributed by atoms with Gasteiger partial charge in [0, 0.05) is 18.6 Å². The van der Waals surface area contributed by atoms with Crippen LogP contribution in [0.1, 0.15) is 69.1 Å². The average molecular weight is 601 g/mol. The Balaban J connectivity index is 1.85. The second-order valence-electron chi connectivity index (χ2n) is 10.8. The van der Waals surface area contributed by atoms with Gasteiger partial charge in [-0.2, -0.15) is 0 Å². The van der Waals surface area contributed by atoms with Crippen LogP contribution in [0.3, 0.4) is 0 Å². The van der Waals surface area contributed by atoms with Crippen LogP contribution in [0.2, 0.25) is 0 Å². The third-order valence-corrected chi connectivity index (χ3v) is 7.40. The van der Waals surface area contributed by atoms with E-state index in [0.717, 1.165) is 30.4 Å². The zero-order chi connectivity index (χ0) is 31.4. The standard InChI is InChI=1S/C33H44O10/c1-4-5-6-7-11-28(36)42-30-29(37)21(2)41-33(39)31(30)43-32(38)25(19-24-13-15-26(35)27(20-24)40-3)14-12-22-9-8-10-23(18-22)16-17-34/h8-10,13,15,18-21,29-31,33-35,37,39H,4-7,11-12,14,16-17H2,1-3H3/t21-,29-,30-,31+,33+/m0/s1. The van der Waals surface area contributed by atoms with Gasteiger partial charge in [-0.1, -0.05) is 56.5 Å². The van der Waals surface area contributed by atoms with Crippen molar-refractivity contribution in [1.29, 1.82) is 0 Å². The maximum Gasteiger partial charge on any atom is 0.334 e. The van der Waals surface area contributed by atoms with Gasteiger partial charge in [-0.15, -0.1) is 0 Å². The summed E-state index contributed by atoms with van der Waals surface area (Å²) in [5.74, 6) is -1.19. The minimum Gasteiger partial charge on any atom is -0.504 e. The van der Waals surface area contributed by atoms with Crippen molar-refractivity contribution < 1.29 is 49.0 Å². The summed E-state index contributed by atoms with van der Waals surface area (Å²) >= 11 is 0. The summed E-state index contributed by atoms with van der Waals surface area (Å²) in [7, 11) is 1.42. The van der Waals surface area contributed by atoms with Gasteiger partial charge in [0.25, 0.3) is 0 Å². The summed E-state index contributed by atoms with van der Waals surface area (Å²) in [6, 6.07) is 12.3. The molecule has 1 fully saturated rings. The van der Waals surface area contributed by atoms with Gasteiger partial charge in [-0.3, -0.25) is 4.79 Å². The molecular weight excluding hydrogens is 556 g/mol. The number of carbonyl (C=O) groups is 2. The third-order valence-electron chi connectivity index (χ3n) is 7.40. The molecule has 4 N–H and O–H groups in total. The van der Waals surface area contributed by atoms with Gasteiger partial charge in [-0.05, 0) is 67.5 Å². The molecule has 0 amide bonds. The van der Waals surface area contributed by atoms with Gasteiger partial charge >= 0.3 is 11.9 Å². The lowest BCUT2D eigenvalue weighted by molar-refractivity contribution is -0.285. The van der Waals surface area contributed by atoms with Crippen LogP contribution in [-0.4, -0.2) is 76.8 Å². The highest BCUT2D eigenvalue weighted by Gasteiger charge is 2.48. The molecule has 10 heteroatoms. The summed E-state index contributed by atoms with van der Waals surface area (Å²) in [4.78, 5) is 26.2. The largest absolute Gasteiger partial charge is 0.504 e. The Bertz CT molecular complexity index is 1230. The summed E-state index contributed by atoms with van der Waals surface area (Å²) < 4.78 is 21.9. The lowest BCUT2D eigenvalue weighted by Gasteiger charge is -2.40. The molecule has 3 rings (SSSR count). The molecule has 236 valence electrons.